The van der Waals surface area contributed by atoms with Crippen molar-refractivity contribution in [2.24, 2.45) is 0 Å². The van der Waals surface area contributed by atoms with E-state index in [-0.39, 0.29) is 24.9 Å². The first kappa shape index (κ1) is 15.6. The second-order valence-electron chi connectivity index (χ2n) is 4.98. The van der Waals surface area contributed by atoms with Gasteiger partial charge in [0.05, 0.1) is 17.9 Å². The maximum atomic E-state index is 12.9. The minimum Gasteiger partial charge on any atom is -0.395 e. The molecule has 116 valence electrons. The largest absolute Gasteiger partial charge is 0.418 e. The molecule has 0 atom stereocenters. The van der Waals surface area contributed by atoms with Crippen molar-refractivity contribution in [3.8, 4) is 0 Å². The van der Waals surface area contributed by atoms with Crippen molar-refractivity contribution in [1.29, 1.82) is 0 Å². The van der Waals surface area contributed by atoms with Crippen LogP contribution in [0.25, 0.3) is 0 Å². The third-order valence-electron chi connectivity index (χ3n) is 3.59. The Hall–Kier alpha value is -1.76. The van der Waals surface area contributed by atoms with Crippen LogP contribution in [-0.4, -0.2) is 35.2 Å². The molecule has 0 bridgehead atoms. The fourth-order valence-corrected chi connectivity index (χ4v) is 2.28. The molecule has 1 aromatic rings. The fraction of sp³-hybridized carbons (Fsp3) is 0.500. The average Bonchev–Trinajstić information content (AvgIpc) is 2.35. The zero-order valence-corrected chi connectivity index (χ0v) is 11.4. The van der Waals surface area contributed by atoms with Crippen molar-refractivity contribution < 1.29 is 23.1 Å². The topological polar surface area (TPSA) is 52.6 Å². The molecule has 0 heterocycles. The molecule has 0 saturated heterocycles. The van der Waals surface area contributed by atoms with Gasteiger partial charge in [0.2, 0.25) is 0 Å². The molecule has 21 heavy (non-hydrogen) atoms. The molecule has 0 aromatic heterocycles. The number of amides is 2. The number of rotatable bonds is 4. The molecular formula is C14H17F3N2O2. The van der Waals surface area contributed by atoms with Gasteiger partial charge in [-0.05, 0) is 31.4 Å². The van der Waals surface area contributed by atoms with Gasteiger partial charge in [0, 0.05) is 12.6 Å². The van der Waals surface area contributed by atoms with Crippen molar-refractivity contribution in [3.05, 3.63) is 29.8 Å². The highest BCUT2D eigenvalue weighted by molar-refractivity contribution is 5.90. The number of nitrogens with zero attached hydrogens (tertiary/aromatic N) is 1. The maximum absolute atomic E-state index is 12.9. The summed E-state index contributed by atoms with van der Waals surface area (Å²) in [5.74, 6) is 0. The quantitative estimate of drug-likeness (QED) is 0.898. The lowest BCUT2D eigenvalue weighted by Crippen LogP contribution is -2.47. The minimum absolute atomic E-state index is 0.00445. The number of halogens is 3. The second kappa shape index (κ2) is 6.34. The van der Waals surface area contributed by atoms with Gasteiger partial charge in [0.1, 0.15) is 0 Å². The molecule has 2 amide bonds. The van der Waals surface area contributed by atoms with Crippen molar-refractivity contribution >= 4 is 11.7 Å². The molecule has 1 aliphatic carbocycles. The minimum atomic E-state index is -4.53. The van der Waals surface area contributed by atoms with E-state index in [1.54, 1.807) is 0 Å². The molecular weight excluding hydrogens is 285 g/mol. The number of alkyl halides is 3. The molecule has 1 aliphatic rings. The Labute approximate surface area is 120 Å². The zero-order chi connectivity index (χ0) is 15.5. The van der Waals surface area contributed by atoms with Crippen LogP contribution in [0.15, 0.2) is 24.3 Å². The Morgan fingerprint density at radius 3 is 2.52 bits per heavy atom. The maximum Gasteiger partial charge on any atom is 0.418 e. The summed E-state index contributed by atoms with van der Waals surface area (Å²) in [6.45, 7) is -0.102. The summed E-state index contributed by atoms with van der Waals surface area (Å²) in [6, 6.07) is 4.25. The van der Waals surface area contributed by atoms with E-state index in [4.69, 9.17) is 5.11 Å². The van der Waals surface area contributed by atoms with E-state index in [1.165, 1.54) is 23.1 Å². The summed E-state index contributed by atoms with van der Waals surface area (Å²) in [5.41, 5.74) is -1.15. The lowest BCUT2D eigenvalue weighted by molar-refractivity contribution is -0.136. The summed E-state index contributed by atoms with van der Waals surface area (Å²) >= 11 is 0. The summed E-state index contributed by atoms with van der Waals surface area (Å²) in [5, 5.41) is 11.3. The highest BCUT2D eigenvalue weighted by Crippen LogP contribution is 2.35. The van der Waals surface area contributed by atoms with Gasteiger partial charge in [-0.3, -0.25) is 0 Å². The zero-order valence-electron chi connectivity index (χ0n) is 11.4. The van der Waals surface area contributed by atoms with Crippen LogP contribution in [0.4, 0.5) is 23.7 Å². The van der Waals surface area contributed by atoms with Crippen molar-refractivity contribution in [2.45, 2.75) is 31.5 Å². The summed E-state index contributed by atoms with van der Waals surface area (Å²) < 4.78 is 38.6. The molecule has 0 aliphatic heterocycles. The smallest absolute Gasteiger partial charge is 0.395 e. The van der Waals surface area contributed by atoms with E-state index in [2.05, 4.69) is 5.32 Å². The lowest BCUT2D eigenvalue weighted by Gasteiger charge is -2.37. The highest BCUT2D eigenvalue weighted by atomic mass is 19.4. The monoisotopic (exact) mass is 302 g/mol. The van der Waals surface area contributed by atoms with Gasteiger partial charge in [-0.1, -0.05) is 12.1 Å². The van der Waals surface area contributed by atoms with Crippen LogP contribution in [0.1, 0.15) is 24.8 Å². The number of para-hydroxylation sites is 1. The number of urea groups is 1. The molecule has 1 fully saturated rings. The van der Waals surface area contributed by atoms with Gasteiger partial charge in [-0.25, -0.2) is 4.79 Å². The van der Waals surface area contributed by atoms with Gasteiger partial charge in [0.25, 0.3) is 0 Å². The summed E-state index contributed by atoms with van der Waals surface area (Å²) in [4.78, 5) is 13.6. The number of anilines is 1. The summed E-state index contributed by atoms with van der Waals surface area (Å²) in [6.07, 6.45) is -1.91. The fourth-order valence-electron chi connectivity index (χ4n) is 2.28. The number of carbonyl (C=O) groups is 1. The van der Waals surface area contributed by atoms with Gasteiger partial charge < -0.3 is 15.3 Å². The molecule has 0 radical (unpaired) electrons. The van der Waals surface area contributed by atoms with Crippen molar-refractivity contribution in [1.82, 2.24) is 4.90 Å². The van der Waals surface area contributed by atoms with Gasteiger partial charge in [0.15, 0.2) is 0 Å². The average molecular weight is 302 g/mol. The molecule has 0 spiro atoms. The van der Waals surface area contributed by atoms with Crippen LogP contribution >= 0.6 is 0 Å². The molecule has 7 heteroatoms. The normalized spacial score (nSPS) is 15.4. The molecule has 1 saturated carbocycles. The number of nitrogens with one attached hydrogen (secondary N) is 1. The Kier molecular flexibility index (Phi) is 4.72. The Morgan fingerprint density at radius 2 is 2.00 bits per heavy atom. The molecule has 4 nitrogen and oxygen atoms in total. The number of benzene rings is 1. The SMILES string of the molecule is O=C(Nc1ccccc1C(F)(F)F)N(CCO)C1CCC1. The van der Waals surface area contributed by atoms with E-state index in [0.717, 1.165) is 25.3 Å². The number of hydrogen-bond acceptors (Lipinski definition) is 2. The van der Waals surface area contributed by atoms with Crippen LogP contribution in [-0.2, 0) is 6.18 Å². The standard InChI is InChI=1S/C14H17F3N2O2/c15-14(16,17)11-6-1-2-7-12(11)18-13(21)19(8-9-20)10-4-3-5-10/h1-2,6-7,10,20H,3-5,8-9H2,(H,18,21). The second-order valence-corrected chi connectivity index (χ2v) is 4.98. The van der Waals surface area contributed by atoms with Crippen LogP contribution < -0.4 is 5.32 Å². The Morgan fingerprint density at radius 1 is 1.33 bits per heavy atom. The highest BCUT2D eigenvalue weighted by Gasteiger charge is 2.35. The summed E-state index contributed by atoms with van der Waals surface area (Å²) in [7, 11) is 0. The van der Waals surface area contributed by atoms with Gasteiger partial charge in [-0.2, -0.15) is 13.2 Å². The first-order valence-electron chi connectivity index (χ1n) is 6.78. The Bertz CT molecular complexity index is 501. The van der Waals surface area contributed by atoms with E-state index in [9.17, 15) is 18.0 Å². The number of hydrogen-bond donors (Lipinski definition) is 2. The predicted octanol–water partition coefficient (Wildman–Crippen LogP) is 3.08. The van der Waals surface area contributed by atoms with Gasteiger partial charge >= 0.3 is 12.2 Å². The van der Waals surface area contributed by atoms with Crippen LogP contribution in [0.3, 0.4) is 0 Å². The third-order valence-corrected chi connectivity index (χ3v) is 3.59. The molecule has 2 N–H and O–H groups in total. The lowest BCUT2D eigenvalue weighted by atomic mass is 9.91. The first-order valence-corrected chi connectivity index (χ1v) is 6.78. The van der Waals surface area contributed by atoms with Crippen molar-refractivity contribution in [2.75, 3.05) is 18.5 Å². The molecule has 0 unspecified atom stereocenters. The predicted molar refractivity (Wildman–Crippen MR) is 71.9 cm³/mol. The van der Waals surface area contributed by atoms with Crippen LogP contribution in [0.2, 0.25) is 0 Å². The molecule has 2 rings (SSSR count). The number of aliphatic hydroxyl groups excluding tert-OH is 1. The van der Waals surface area contributed by atoms with E-state index < -0.39 is 17.8 Å². The Balaban J connectivity index is 2.14. The van der Waals surface area contributed by atoms with Crippen LogP contribution in [0, 0.1) is 0 Å². The van der Waals surface area contributed by atoms with Crippen molar-refractivity contribution in [3.63, 3.8) is 0 Å². The van der Waals surface area contributed by atoms with Gasteiger partial charge in [-0.15, -0.1) is 0 Å². The first-order chi connectivity index (χ1) is 9.93. The van der Waals surface area contributed by atoms with Crippen LogP contribution in [0.5, 0.6) is 0 Å². The van der Waals surface area contributed by atoms with E-state index in [0.29, 0.717) is 0 Å². The number of aliphatic hydroxyl groups is 1. The van der Waals surface area contributed by atoms with E-state index >= 15 is 0 Å². The number of carbonyl (C=O) groups excluding carboxylic acids is 1. The third kappa shape index (κ3) is 3.66. The molecule has 1 aromatic carbocycles. The van der Waals surface area contributed by atoms with E-state index in [1.807, 2.05) is 0 Å².